The van der Waals surface area contributed by atoms with Gasteiger partial charge in [-0.25, -0.2) is 4.79 Å². The molecule has 1 aliphatic carbocycles. The molecular weight excluding hydrogens is 382 g/mol. The molecule has 0 radical (unpaired) electrons. The smallest absolute Gasteiger partial charge is 0.449 e. The molecule has 1 saturated carbocycles. The minimum Gasteiger partial charge on any atom is -0.449 e. The van der Waals surface area contributed by atoms with Gasteiger partial charge in [-0.3, -0.25) is 4.79 Å². The first-order valence-electron chi connectivity index (χ1n) is 7.82. The lowest BCUT2D eigenvalue weighted by atomic mass is 9.82. The van der Waals surface area contributed by atoms with Crippen LogP contribution < -0.4 is 9.64 Å². The van der Waals surface area contributed by atoms with Crippen LogP contribution in [0.2, 0.25) is 0 Å². The van der Waals surface area contributed by atoms with E-state index < -0.39 is 6.16 Å². The van der Waals surface area contributed by atoms with E-state index in [-0.39, 0.29) is 22.9 Å². The Morgan fingerprint density at radius 1 is 1.35 bits per heavy atom. The largest absolute Gasteiger partial charge is 0.512 e. The number of halogens is 1. The summed E-state index contributed by atoms with van der Waals surface area (Å²) in [5.41, 5.74) is 0.530. The SMILES string of the molecule is CC1CCC(C(=O)N(c2cc(Br)sc2OC(=O)O)C(C)C)CC1. The van der Waals surface area contributed by atoms with Gasteiger partial charge < -0.3 is 14.7 Å². The monoisotopic (exact) mass is 403 g/mol. The third-order valence-corrected chi connectivity index (χ3v) is 5.71. The molecule has 0 aromatic carbocycles. The minimum atomic E-state index is -1.37. The normalized spacial score (nSPS) is 21.3. The van der Waals surface area contributed by atoms with Crippen LogP contribution in [0.15, 0.2) is 9.85 Å². The predicted molar refractivity (Wildman–Crippen MR) is 94.4 cm³/mol. The molecule has 0 bridgehead atoms. The van der Waals surface area contributed by atoms with Gasteiger partial charge in [-0.1, -0.05) is 18.3 Å². The van der Waals surface area contributed by atoms with E-state index in [1.165, 1.54) is 11.3 Å². The van der Waals surface area contributed by atoms with Crippen molar-refractivity contribution in [1.82, 2.24) is 0 Å². The lowest BCUT2D eigenvalue weighted by molar-refractivity contribution is -0.123. The lowest BCUT2D eigenvalue weighted by Gasteiger charge is -2.33. The highest BCUT2D eigenvalue weighted by atomic mass is 79.9. The van der Waals surface area contributed by atoms with Gasteiger partial charge in [0.2, 0.25) is 11.0 Å². The molecular formula is C16H22BrNO4S. The van der Waals surface area contributed by atoms with E-state index in [4.69, 9.17) is 9.84 Å². The first-order chi connectivity index (χ1) is 10.8. The number of nitrogens with zero attached hydrogens (tertiary/aromatic N) is 1. The number of ether oxygens (including phenoxy) is 1. The van der Waals surface area contributed by atoms with Gasteiger partial charge in [0.25, 0.3) is 0 Å². The molecule has 0 spiro atoms. The standard InChI is InChI=1S/C16H22BrNO4S/c1-9(2)18(14(19)11-6-4-10(3)5-7-11)12-8-13(17)23-15(12)22-16(20)21/h8-11H,4-7H2,1-3H3,(H,20,21). The number of hydrogen-bond acceptors (Lipinski definition) is 4. The highest BCUT2D eigenvalue weighted by Gasteiger charge is 2.32. The van der Waals surface area contributed by atoms with Gasteiger partial charge in [-0.2, -0.15) is 0 Å². The van der Waals surface area contributed by atoms with Crippen molar-refractivity contribution in [1.29, 1.82) is 0 Å². The molecule has 0 aliphatic heterocycles. The van der Waals surface area contributed by atoms with Gasteiger partial charge >= 0.3 is 6.16 Å². The molecule has 0 atom stereocenters. The number of thiophene rings is 1. The summed E-state index contributed by atoms with van der Waals surface area (Å²) in [6, 6.07) is 1.69. The number of carbonyl (C=O) groups is 2. The third kappa shape index (κ3) is 4.47. The molecule has 2 rings (SSSR count). The highest BCUT2D eigenvalue weighted by Crippen LogP contribution is 2.43. The van der Waals surface area contributed by atoms with Crippen molar-refractivity contribution < 1.29 is 19.4 Å². The Morgan fingerprint density at radius 2 is 1.96 bits per heavy atom. The van der Waals surface area contributed by atoms with Crippen LogP contribution in [0, 0.1) is 11.8 Å². The Bertz CT molecular complexity index is 579. The number of amides is 1. The third-order valence-electron chi connectivity index (χ3n) is 4.21. The summed E-state index contributed by atoms with van der Waals surface area (Å²) < 4.78 is 5.60. The van der Waals surface area contributed by atoms with Crippen LogP contribution in [0.3, 0.4) is 0 Å². The van der Waals surface area contributed by atoms with Gasteiger partial charge in [-0.15, -0.1) is 0 Å². The van der Waals surface area contributed by atoms with Crippen LogP contribution in [0.25, 0.3) is 0 Å². The molecule has 0 unspecified atom stereocenters. The van der Waals surface area contributed by atoms with Crippen molar-refractivity contribution in [3.8, 4) is 5.06 Å². The molecule has 1 aromatic rings. The van der Waals surface area contributed by atoms with Gasteiger partial charge in [0, 0.05) is 12.0 Å². The van der Waals surface area contributed by atoms with Gasteiger partial charge in [-0.05, 0) is 67.4 Å². The van der Waals surface area contributed by atoms with Crippen molar-refractivity contribution in [2.75, 3.05) is 4.90 Å². The number of carbonyl (C=O) groups excluding carboxylic acids is 1. The second-order valence-electron chi connectivity index (χ2n) is 6.35. The first kappa shape index (κ1) is 18.3. The van der Waals surface area contributed by atoms with E-state index in [0.717, 1.165) is 29.5 Å². The van der Waals surface area contributed by atoms with E-state index in [2.05, 4.69) is 22.9 Å². The van der Waals surface area contributed by atoms with Gasteiger partial charge in [0.1, 0.15) is 0 Å². The second-order valence-corrected chi connectivity index (χ2v) is 8.74. The van der Waals surface area contributed by atoms with E-state index in [1.807, 2.05) is 13.8 Å². The topological polar surface area (TPSA) is 66.8 Å². The summed E-state index contributed by atoms with van der Waals surface area (Å²) in [5.74, 6) is 0.741. The average molecular weight is 404 g/mol. The van der Waals surface area contributed by atoms with Crippen LogP contribution >= 0.6 is 27.3 Å². The fraction of sp³-hybridized carbons (Fsp3) is 0.625. The van der Waals surface area contributed by atoms with Crippen LogP contribution in [-0.4, -0.2) is 23.2 Å². The molecule has 1 fully saturated rings. The summed E-state index contributed by atoms with van der Waals surface area (Å²) in [6.07, 6.45) is 2.54. The molecule has 128 valence electrons. The van der Waals surface area contributed by atoms with E-state index in [9.17, 15) is 9.59 Å². The molecule has 1 N–H and O–H groups in total. The zero-order chi connectivity index (χ0) is 17.1. The minimum absolute atomic E-state index is 0.00459. The number of anilines is 1. The van der Waals surface area contributed by atoms with E-state index >= 15 is 0 Å². The van der Waals surface area contributed by atoms with Crippen molar-refractivity contribution in [3.05, 3.63) is 9.85 Å². The molecule has 1 heterocycles. The lowest BCUT2D eigenvalue weighted by Crippen LogP contribution is -2.42. The maximum atomic E-state index is 13.0. The fourth-order valence-corrected chi connectivity index (χ4v) is 4.39. The Balaban J connectivity index is 2.28. The van der Waals surface area contributed by atoms with Crippen LogP contribution in [0.1, 0.15) is 46.5 Å². The maximum absolute atomic E-state index is 13.0. The van der Waals surface area contributed by atoms with Crippen LogP contribution in [0.5, 0.6) is 5.06 Å². The Morgan fingerprint density at radius 3 is 2.48 bits per heavy atom. The summed E-state index contributed by atoms with van der Waals surface area (Å²) >= 11 is 4.52. The predicted octanol–water partition coefficient (Wildman–Crippen LogP) is 5.14. The molecule has 0 saturated heterocycles. The van der Waals surface area contributed by atoms with E-state index in [1.54, 1.807) is 11.0 Å². The maximum Gasteiger partial charge on any atom is 0.512 e. The van der Waals surface area contributed by atoms with Crippen molar-refractivity contribution in [2.45, 2.75) is 52.5 Å². The zero-order valence-corrected chi connectivity index (χ0v) is 15.9. The quantitative estimate of drug-likeness (QED) is 0.706. The summed E-state index contributed by atoms with van der Waals surface area (Å²) in [5, 5.41) is 9.14. The Hall–Kier alpha value is -1.08. The van der Waals surface area contributed by atoms with Crippen LogP contribution in [-0.2, 0) is 4.79 Å². The summed E-state index contributed by atoms with van der Waals surface area (Å²) in [4.78, 5) is 25.6. The van der Waals surface area contributed by atoms with Gasteiger partial charge in [0.15, 0.2) is 0 Å². The van der Waals surface area contributed by atoms with Crippen molar-refractivity contribution in [3.63, 3.8) is 0 Å². The number of rotatable bonds is 4. The Kier molecular flexibility index (Phi) is 6.08. The number of carboxylic acid groups (broad SMARTS) is 1. The summed E-state index contributed by atoms with van der Waals surface area (Å²) in [6.45, 7) is 6.08. The molecule has 7 heteroatoms. The molecule has 23 heavy (non-hydrogen) atoms. The van der Waals surface area contributed by atoms with Crippen molar-refractivity contribution >= 4 is 45.0 Å². The highest BCUT2D eigenvalue weighted by molar-refractivity contribution is 9.11. The van der Waals surface area contributed by atoms with Gasteiger partial charge in [0.05, 0.1) is 9.47 Å². The molecule has 5 nitrogen and oxygen atoms in total. The molecule has 1 amide bonds. The second kappa shape index (κ2) is 7.66. The Labute approximate surface area is 148 Å². The summed E-state index contributed by atoms with van der Waals surface area (Å²) in [7, 11) is 0. The first-order valence-corrected chi connectivity index (χ1v) is 9.43. The molecule has 1 aliphatic rings. The zero-order valence-electron chi connectivity index (χ0n) is 13.5. The fourth-order valence-electron chi connectivity index (χ4n) is 3.01. The molecule has 1 aromatic heterocycles. The van der Waals surface area contributed by atoms with E-state index in [0.29, 0.717) is 11.6 Å². The van der Waals surface area contributed by atoms with Crippen molar-refractivity contribution in [2.24, 2.45) is 11.8 Å². The number of hydrogen-bond donors (Lipinski definition) is 1. The van der Waals surface area contributed by atoms with Crippen LogP contribution in [0.4, 0.5) is 10.5 Å². The average Bonchev–Trinajstić information content (AvgIpc) is 2.79.